The molecule has 0 aromatic carbocycles. The van der Waals surface area contributed by atoms with E-state index in [-0.39, 0.29) is 5.91 Å². The summed E-state index contributed by atoms with van der Waals surface area (Å²) in [4.78, 5) is 15.8. The van der Waals surface area contributed by atoms with Crippen molar-refractivity contribution in [2.75, 3.05) is 6.54 Å². The molecule has 2 aromatic heterocycles. The van der Waals surface area contributed by atoms with Crippen molar-refractivity contribution < 1.29 is 4.79 Å². The molecule has 0 radical (unpaired) electrons. The lowest BCUT2D eigenvalue weighted by Crippen LogP contribution is -2.37. The van der Waals surface area contributed by atoms with Gasteiger partial charge in [0.1, 0.15) is 5.69 Å². The molecule has 1 amide bonds. The number of amides is 1. The number of hydrazine groups is 1. The van der Waals surface area contributed by atoms with Gasteiger partial charge in [0.05, 0.1) is 6.20 Å². The van der Waals surface area contributed by atoms with Crippen LogP contribution in [0.5, 0.6) is 0 Å². The van der Waals surface area contributed by atoms with E-state index in [1.807, 2.05) is 29.9 Å². The van der Waals surface area contributed by atoms with Gasteiger partial charge >= 0.3 is 0 Å². The molecule has 0 aliphatic heterocycles. The van der Waals surface area contributed by atoms with E-state index in [1.165, 1.54) is 5.01 Å². The summed E-state index contributed by atoms with van der Waals surface area (Å²) in [5.74, 6) is 5.71. The SMILES string of the molecule is CCCN(N)C(=O)CCCCCCCn1cc(-c2cccnc2)nn1. The molecule has 0 atom stereocenters. The maximum Gasteiger partial charge on any atom is 0.236 e. The number of carbonyl (C=O) groups excluding carboxylic acids is 1. The molecule has 2 rings (SSSR count). The van der Waals surface area contributed by atoms with Gasteiger partial charge in [-0.1, -0.05) is 31.4 Å². The van der Waals surface area contributed by atoms with Gasteiger partial charge in [0, 0.05) is 37.5 Å². The Hall–Kier alpha value is -2.28. The Morgan fingerprint density at radius 2 is 2.04 bits per heavy atom. The second-order valence-electron chi connectivity index (χ2n) is 6.21. The first-order valence-electron chi connectivity index (χ1n) is 9.06. The molecule has 0 aliphatic rings. The van der Waals surface area contributed by atoms with Gasteiger partial charge in [-0.3, -0.25) is 19.5 Å². The fraction of sp³-hybridized carbons (Fsp3) is 0.556. The van der Waals surface area contributed by atoms with Crippen LogP contribution in [0.1, 0.15) is 51.9 Å². The van der Waals surface area contributed by atoms with Crippen LogP contribution in [0.3, 0.4) is 0 Å². The van der Waals surface area contributed by atoms with Crippen LogP contribution in [0.4, 0.5) is 0 Å². The summed E-state index contributed by atoms with van der Waals surface area (Å²) in [5, 5.41) is 9.68. The van der Waals surface area contributed by atoms with Crippen molar-refractivity contribution in [3.63, 3.8) is 0 Å². The van der Waals surface area contributed by atoms with Crippen molar-refractivity contribution >= 4 is 5.91 Å². The molecule has 7 nitrogen and oxygen atoms in total. The number of nitrogens with two attached hydrogens (primary N) is 1. The van der Waals surface area contributed by atoms with Crippen LogP contribution in [-0.4, -0.2) is 37.4 Å². The molecule has 7 heteroatoms. The van der Waals surface area contributed by atoms with Crippen LogP contribution in [-0.2, 0) is 11.3 Å². The van der Waals surface area contributed by atoms with E-state index in [2.05, 4.69) is 15.3 Å². The zero-order valence-corrected chi connectivity index (χ0v) is 15.0. The zero-order chi connectivity index (χ0) is 17.9. The van der Waals surface area contributed by atoms with Crippen LogP contribution < -0.4 is 5.84 Å². The number of hydrogen-bond acceptors (Lipinski definition) is 5. The maximum atomic E-state index is 11.7. The predicted octanol–water partition coefficient (Wildman–Crippen LogP) is 2.79. The van der Waals surface area contributed by atoms with Crippen LogP contribution in [0.25, 0.3) is 11.3 Å². The summed E-state index contributed by atoms with van der Waals surface area (Å²) in [6.45, 7) is 3.51. The molecule has 0 unspecified atom stereocenters. The minimum Gasteiger partial charge on any atom is -0.281 e. The maximum absolute atomic E-state index is 11.7. The van der Waals surface area contributed by atoms with Gasteiger partial charge in [-0.25, -0.2) is 5.84 Å². The van der Waals surface area contributed by atoms with Crippen LogP contribution in [0.2, 0.25) is 0 Å². The van der Waals surface area contributed by atoms with Crippen molar-refractivity contribution in [3.05, 3.63) is 30.7 Å². The molecular weight excluding hydrogens is 316 g/mol. The van der Waals surface area contributed by atoms with E-state index in [0.29, 0.717) is 13.0 Å². The normalized spacial score (nSPS) is 10.8. The number of rotatable bonds is 11. The van der Waals surface area contributed by atoms with Crippen molar-refractivity contribution in [2.45, 2.75) is 58.4 Å². The Morgan fingerprint density at radius 1 is 1.24 bits per heavy atom. The molecule has 0 spiro atoms. The highest BCUT2D eigenvalue weighted by Crippen LogP contribution is 2.14. The van der Waals surface area contributed by atoms with Crippen molar-refractivity contribution in [2.24, 2.45) is 5.84 Å². The Labute approximate surface area is 149 Å². The molecular formula is C18H28N6O. The molecule has 2 N–H and O–H groups in total. The zero-order valence-electron chi connectivity index (χ0n) is 15.0. The Balaban J connectivity index is 1.56. The lowest BCUT2D eigenvalue weighted by Gasteiger charge is -2.15. The fourth-order valence-corrected chi connectivity index (χ4v) is 2.64. The highest BCUT2D eigenvalue weighted by atomic mass is 16.2. The molecule has 0 saturated heterocycles. The number of hydrogen-bond donors (Lipinski definition) is 1. The predicted molar refractivity (Wildman–Crippen MR) is 97.1 cm³/mol. The average molecular weight is 344 g/mol. The smallest absolute Gasteiger partial charge is 0.236 e. The summed E-state index contributed by atoms with van der Waals surface area (Å²) >= 11 is 0. The van der Waals surface area contributed by atoms with Crippen molar-refractivity contribution in [3.8, 4) is 11.3 Å². The van der Waals surface area contributed by atoms with E-state index >= 15 is 0 Å². The molecule has 0 aliphatic carbocycles. The number of unbranched alkanes of at least 4 members (excludes halogenated alkanes) is 4. The highest BCUT2D eigenvalue weighted by molar-refractivity contribution is 5.75. The van der Waals surface area contributed by atoms with Gasteiger partial charge in [-0.05, 0) is 31.4 Å². The molecule has 2 heterocycles. The third kappa shape index (κ3) is 6.62. The topological polar surface area (TPSA) is 89.9 Å². The Bertz CT molecular complexity index is 628. The van der Waals surface area contributed by atoms with E-state index in [4.69, 9.17) is 5.84 Å². The fourth-order valence-electron chi connectivity index (χ4n) is 2.64. The summed E-state index contributed by atoms with van der Waals surface area (Å²) in [7, 11) is 0. The number of aromatic nitrogens is 4. The second kappa shape index (κ2) is 10.6. The quantitative estimate of drug-likeness (QED) is 0.293. The molecule has 136 valence electrons. The lowest BCUT2D eigenvalue weighted by atomic mass is 10.1. The number of pyridine rings is 1. The van der Waals surface area contributed by atoms with Crippen LogP contribution in [0, 0.1) is 0 Å². The van der Waals surface area contributed by atoms with Gasteiger partial charge < -0.3 is 0 Å². The number of nitrogens with zero attached hydrogens (tertiary/aromatic N) is 5. The van der Waals surface area contributed by atoms with Crippen molar-refractivity contribution in [1.82, 2.24) is 25.0 Å². The first-order valence-corrected chi connectivity index (χ1v) is 9.06. The molecule has 0 bridgehead atoms. The van der Waals surface area contributed by atoms with Crippen LogP contribution in [0.15, 0.2) is 30.7 Å². The molecule has 0 saturated carbocycles. The van der Waals surface area contributed by atoms with E-state index in [0.717, 1.165) is 56.3 Å². The lowest BCUT2D eigenvalue weighted by molar-refractivity contribution is -0.131. The van der Waals surface area contributed by atoms with Gasteiger partial charge in [0.2, 0.25) is 5.91 Å². The Kier molecular flexibility index (Phi) is 8.04. The average Bonchev–Trinajstić information content (AvgIpc) is 3.10. The van der Waals surface area contributed by atoms with Crippen molar-refractivity contribution in [1.29, 1.82) is 0 Å². The van der Waals surface area contributed by atoms with Gasteiger partial charge in [0.15, 0.2) is 0 Å². The van der Waals surface area contributed by atoms with E-state index in [9.17, 15) is 4.79 Å². The first-order chi connectivity index (χ1) is 12.2. The third-order valence-corrected chi connectivity index (χ3v) is 4.06. The first kappa shape index (κ1) is 19.1. The standard InChI is InChI=1S/C18H28N6O/c1-2-12-24(19)18(25)10-6-4-3-5-7-13-23-15-17(21-22-23)16-9-8-11-20-14-16/h8-9,11,14-15H,2-7,10,12-13,19H2,1H3. The molecule has 25 heavy (non-hydrogen) atoms. The number of carbonyl (C=O) groups is 1. The Morgan fingerprint density at radius 3 is 2.80 bits per heavy atom. The number of aryl methyl sites for hydroxylation is 1. The second-order valence-corrected chi connectivity index (χ2v) is 6.21. The van der Waals surface area contributed by atoms with E-state index in [1.54, 1.807) is 12.4 Å². The monoisotopic (exact) mass is 344 g/mol. The van der Waals surface area contributed by atoms with Gasteiger partial charge in [-0.2, -0.15) is 0 Å². The summed E-state index contributed by atoms with van der Waals surface area (Å²) < 4.78 is 1.88. The summed E-state index contributed by atoms with van der Waals surface area (Å²) in [5.41, 5.74) is 1.83. The third-order valence-electron chi connectivity index (χ3n) is 4.06. The van der Waals surface area contributed by atoms with Gasteiger partial charge in [0.25, 0.3) is 0 Å². The van der Waals surface area contributed by atoms with Gasteiger partial charge in [-0.15, -0.1) is 5.10 Å². The summed E-state index contributed by atoms with van der Waals surface area (Å²) in [6.07, 6.45) is 12.2. The van der Waals surface area contributed by atoms with E-state index < -0.39 is 0 Å². The summed E-state index contributed by atoms with van der Waals surface area (Å²) in [6, 6.07) is 3.87. The molecule has 0 fully saturated rings. The largest absolute Gasteiger partial charge is 0.281 e. The minimum atomic E-state index is 0.0485. The molecule has 2 aromatic rings. The highest BCUT2D eigenvalue weighted by Gasteiger charge is 2.07. The minimum absolute atomic E-state index is 0.0485. The van der Waals surface area contributed by atoms with Crippen LogP contribution >= 0.6 is 0 Å².